The van der Waals surface area contributed by atoms with Crippen molar-refractivity contribution < 1.29 is 23.1 Å². The highest BCUT2D eigenvalue weighted by Gasteiger charge is 2.54. The Hall–Kier alpha value is -2.02. The number of carbonyl (C=O) groups is 2. The number of amides is 2. The Balaban J connectivity index is 1.66. The minimum atomic E-state index is -0.924. The molecule has 1 spiro atoms. The van der Waals surface area contributed by atoms with Crippen LogP contribution in [0, 0.1) is 17.6 Å². The molecule has 4 rings (SSSR count). The monoisotopic (exact) mass is 378 g/mol. The van der Waals surface area contributed by atoms with Gasteiger partial charge in [-0.2, -0.15) is 0 Å². The molecule has 1 saturated heterocycles. The van der Waals surface area contributed by atoms with Crippen LogP contribution < -0.4 is 5.32 Å². The Kier molecular flexibility index (Phi) is 4.66. The highest BCUT2D eigenvalue weighted by Crippen LogP contribution is 2.43. The van der Waals surface area contributed by atoms with Crippen molar-refractivity contribution in [3.05, 3.63) is 35.4 Å². The van der Waals surface area contributed by atoms with Gasteiger partial charge in [0.15, 0.2) is 0 Å². The Morgan fingerprint density at radius 2 is 1.89 bits per heavy atom. The number of benzene rings is 1. The molecule has 3 aliphatic rings. The molecule has 5 nitrogen and oxygen atoms in total. The van der Waals surface area contributed by atoms with Gasteiger partial charge in [-0.1, -0.05) is 6.92 Å². The van der Waals surface area contributed by atoms with Crippen LogP contribution in [0.25, 0.3) is 0 Å². The van der Waals surface area contributed by atoms with E-state index in [9.17, 15) is 18.4 Å². The second-order valence-electron chi connectivity index (χ2n) is 8.04. The van der Waals surface area contributed by atoms with E-state index in [0.717, 1.165) is 37.8 Å². The molecule has 1 aromatic rings. The van der Waals surface area contributed by atoms with E-state index in [-0.39, 0.29) is 24.1 Å². The predicted molar refractivity (Wildman–Crippen MR) is 93.8 cm³/mol. The van der Waals surface area contributed by atoms with Crippen LogP contribution in [0.4, 0.5) is 8.78 Å². The van der Waals surface area contributed by atoms with Gasteiger partial charge in [-0.25, -0.2) is 8.78 Å². The van der Waals surface area contributed by atoms with Crippen molar-refractivity contribution in [1.82, 2.24) is 10.2 Å². The fourth-order valence-electron chi connectivity index (χ4n) is 4.10. The molecule has 0 aromatic heterocycles. The summed E-state index contributed by atoms with van der Waals surface area (Å²) in [5.41, 5.74) is -1.13. The van der Waals surface area contributed by atoms with E-state index in [1.165, 1.54) is 4.90 Å². The maximum absolute atomic E-state index is 14.3. The Morgan fingerprint density at radius 1 is 1.19 bits per heavy atom. The normalized spacial score (nSPS) is 30.6. The second kappa shape index (κ2) is 6.86. The summed E-state index contributed by atoms with van der Waals surface area (Å²) in [6.45, 7) is 2.24. The van der Waals surface area contributed by atoms with E-state index in [4.69, 9.17) is 4.74 Å². The lowest BCUT2D eigenvalue weighted by molar-refractivity contribution is -0.128. The third-order valence-corrected chi connectivity index (χ3v) is 5.92. The molecular formula is C20H24F2N2O3. The molecule has 3 fully saturated rings. The zero-order chi connectivity index (χ0) is 19.2. The summed E-state index contributed by atoms with van der Waals surface area (Å²) < 4.78 is 33.6. The first-order valence-electron chi connectivity index (χ1n) is 9.63. The van der Waals surface area contributed by atoms with Crippen LogP contribution in [0.3, 0.4) is 0 Å². The fourth-order valence-corrected chi connectivity index (χ4v) is 4.10. The summed E-state index contributed by atoms with van der Waals surface area (Å²) in [6, 6.07) is 2.25. The van der Waals surface area contributed by atoms with Crippen LogP contribution in [-0.2, 0) is 9.53 Å². The molecule has 1 heterocycles. The lowest BCUT2D eigenvalue weighted by Gasteiger charge is -2.43. The lowest BCUT2D eigenvalue weighted by atomic mass is 9.83. The summed E-state index contributed by atoms with van der Waals surface area (Å²) in [4.78, 5) is 27.4. The van der Waals surface area contributed by atoms with Gasteiger partial charge in [0.1, 0.15) is 23.4 Å². The minimum Gasteiger partial charge on any atom is -0.353 e. The van der Waals surface area contributed by atoms with Gasteiger partial charge in [0.2, 0.25) is 5.91 Å². The molecular weight excluding hydrogens is 354 g/mol. The summed E-state index contributed by atoms with van der Waals surface area (Å²) >= 11 is 0. The van der Waals surface area contributed by atoms with Crippen LogP contribution in [0.1, 0.15) is 55.8 Å². The number of nitrogens with zero attached hydrogens (tertiary/aromatic N) is 1. The van der Waals surface area contributed by atoms with Crippen LogP contribution in [0.5, 0.6) is 0 Å². The largest absolute Gasteiger partial charge is 0.353 e. The zero-order valence-electron chi connectivity index (χ0n) is 15.3. The molecule has 2 aliphatic carbocycles. The standard InChI is InChI=1S/C20H24F2N2O3/c1-12-6-8-20(9-7-12)24(17(11-27-20)18(25)23-14-3-4-14)19(26)15-5-2-13(21)10-16(15)22/h2,5,10,12,14,17H,3-4,6-9,11H2,1H3,(H,23,25)/t12?,17-,20?/m1/s1. The molecule has 1 aliphatic heterocycles. The molecule has 1 aromatic carbocycles. The maximum Gasteiger partial charge on any atom is 0.259 e. The van der Waals surface area contributed by atoms with Gasteiger partial charge in [-0.3, -0.25) is 14.5 Å². The lowest BCUT2D eigenvalue weighted by Crippen LogP contribution is -2.57. The molecule has 7 heteroatoms. The summed E-state index contributed by atoms with van der Waals surface area (Å²) in [7, 11) is 0. The molecule has 146 valence electrons. The highest BCUT2D eigenvalue weighted by molar-refractivity contribution is 5.98. The van der Waals surface area contributed by atoms with Gasteiger partial charge in [0.05, 0.1) is 12.2 Å². The van der Waals surface area contributed by atoms with E-state index >= 15 is 0 Å². The topological polar surface area (TPSA) is 58.6 Å². The minimum absolute atomic E-state index is 0.0987. The number of carbonyl (C=O) groups excluding carboxylic acids is 2. The molecule has 0 unspecified atom stereocenters. The number of nitrogens with one attached hydrogen (secondary N) is 1. The van der Waals surface area contributed by atoms with Crippen molar-refractivity contribution in [3.63, 3.8) is 0 Å². The first-order valence-corrected chi connectivity index (χ1v) is 9.63. The van der Waals surface area contributed by atoms with E-state index in [2.05, 4.69) is 12.2 Å². The smallest absolute Gasteiger partial charge is 0.259 e. The SMILES string of the molecule is CC1CCC2(CC1)OC[C@H](C(=O)NC1CC1)N2C(=O)c1ccc(F)cc1F. The van der Waals surface area contributed by atoms with E-state index in [0.29, 0.717) is 24.8 Å². The predicted octanol–water partition coefficient (Wildman–Crippen LogP) is 2.99. The van der Waals surface area contributed by atoms with Crippen molar-refractivity contribution >= 4 is 11.8 Å². The third-order valence-electron chi connectivity index (χ3n) is 5.92. The zero-order valence-corrected chi connectivity index (χ0v) is 15.3. The first-order chi connectivity index (χ1) is 12.9. The van der Waals surface area contributed by atoms with Crippen molar-refractivity contribution in [2.24, 2.45) is 5.92 Å². The molecule has 1 atom stereocenters. The number of rotatable bonds is 3. The number of hydrogen-bond donors (Lipinski definition) is 1. The Bertz CT molecular complexity index is 758. The average Bonchev–Trinajstić information content (AvgIpc) is 3.36. The van der Waals surface area contributed by atoms with Gasteiger partial charge < -0.3 is 10.1 Å². The average molecular weight is 378 g/mol. The fraction of sp³-hybridized carbons (Fsp3) is 0.600. The summed E-state index contributed by atoms with van der Waals surface area (Å²) in [6.07, 6.45) is 4.82. The van der Waals surface area contributed by atoms with E-state index in [1.807, 2.05) is 0 Å². The van der Waals surface area contributed by atoms with Crippen LogP contribution in [-0.4, -0.2) is 41.1 Å². The van der Waals surface area contributed by atoms with E-state index in [1.54, 1.807) is 0 Å². The van der Waals surface area contributed by atoms with Gasteiger partial charge in [-0.05, 0) is 56.6 Å². The van der Waals surface area contributed by atoms with Crippen molar-refractivity contribution in [2.75, 3.05) is 6.61 Å². The highest BCUT2D eigenvalue weighted by atomic mass is 19.1. The van der Waals surface area contributed by atoms with Gasteiger partial charge in [0.25, 0.3) is 5.91 Å². The molecule has 2 saturated carbocycles. The summed E-state index contributed by atoms with van der Waals surface area (Å²) in [5.74, 6) is -2.03. The van der Waals surface area contributed by atoms with Crippen molar-refractivity contribution in [3.8, 4) is 0 Å². The molecule has 1 N–H and O–H groups in total. The first kappa shape index (κ1) is 18.3. The van der Waals surface area contributed by atoms with Gasteiger partial charge >= 0.3 is 0 Å². The van der Waals surface area contributed by atoms with Crippen LogP contribution >= 0.6 is 0 Å². The van der Waals surface area contributed by atoms with Gasteiger partial charge in [0, 0.05) is 12.1 Å². The van der Waals surface area contributed by atoms with Crippen LogP contribution in [0.2, 0.25) is 0 Å². The third kappa shape index (κ3) is 3.45. The van der Waals surface area contributed by atoms with Crippen LogP contribution in [0.15, 0.2) is 18.2 Å². The Labute approximate surface area is 157 Å². The molecule has 0 radical (unpaired) electrons. The molecule has 0 bridgehead atoms. The molecule has 27 heavy (non-hydrogen) atoms. The number of halogens is 2. The second-order valence-corrected chi connectivity index (χ2v) is 8.04. The number of hydrogen-bond acceptors (Lipinski definition) is 3. The number of ether oxygens (including phenoxy) is 1. The van der Waals surface area contributed by atoms with Crippen molar-refractivity contribution in [1.29, 1.82) is 0 Å². The Morgan fingerprint density at radius 3 is 2.52 bits per heavy atom. The maximum atomic E-state index is 14.3. The van der Waals surface area contributed by atoms with Gasteiger partial charge in [-0.15, -0.1) is 0 Å². The quantitative estimate of drug-likeness (QED) is 0.880. The molecule has 2 amide bonds. The van der Waals surface area contributed by atoms with E-state index < -0.39 is 29.3 Å². The summed E-state index contributed by atoms with van der Waals surface area (Å²) in [5, 5.41) is 2.92. The van der Waals surface area contributed by atoms with Crippen molar-refractivity contribution in [2.45, 2.75) is 63.3 Å².